The van der Waals surface area contributed by atoms with E-state index >= 15 is 0 Å². The summed E-state index contributed by atoms with van der Waals surface area (Å²) < 4.78 is 4.57. The number of ether oxygens (including phenoxy) is 1. The molecule has 0 unspecified atom stereocenters. The Morgan fingerprint density at radius 1 is 1.70 bits per heavy atom. The van der Waals surface area contributed by atoms with Gasteiger partial charge in [-0.25, -0.2) is 4.79 Å². The lowest BCUT2D eigenvalue weighted by Gasteiger charge is -1.95. The molecule has 10 heavy (non-hydrogen) atoms. The van der Waals surface area contributed by atoms with Gasteiger partial charge in [-0.05, 0) is 6.08 Å². The summed E-state index contributed by atoms with van der Waals surface area (Å²) in [6, 6.07) is 0. The van der Waals surface area contributed by atoms with E-state index in [0.717, 1.165) is 12.3 Å². The van der Waals surface area contributed by atoms with Gasteiger partial charge in [0.25, 0.3) is 0 Å². The molecule has 0 aromatic heterocycles. The second-order valence-corrected chi connectivity index (χ2v) is 1.55. The van der Waals surface area contributed by atoms with E-state index in [1.807, 2.05) is 0 Å². The molecule has 0 aliphatic rings. The number of aliphatic hydroxyl groups excluding tert-OH is 1. The summed E-state index contributed by atoms with van der Waals surface area (Å²) >= 11 is 0. The minimum Gasteiger partial charge on any atom is -0.516 e. The van der Waals surface area contributed by atoms with Crippen LogP contribution in [0.1, 0.15) is 6.42 Å². The van der Waals surface area contributed by atoms with Crippen molar-refractivity contribution in [2.45, 2.75) is 6.42 Å². The van der Waals surface area contributed by atoms with Gasteiger partial charge in [-0.2, -0.15) is 0 Å². The predicted molar refractivity (Wildman–Crippen MR) is 37.5 cm³/mol. The van der Waals surface area contributed by atoms with E-state index in [1.165, 1.54) is 6.08 Å². The van der Waals surface area contributed by atoms with Gasteiger partial charge in [0.15, 0.2) is 0 Å². The Balaban J connectivity index is 3.19. The number of esters is 1. The molecule has 0 rings (SSSR count). The Morgan fingerprint density at radius 2 is 2.40 bits per heavy atom. The molecular weight excluding hydrogens is 132 g/mol. The quantitative estimate of drug-likeness (QED) is 0.277. The summed E-state index contributed by atoms with van der Waals surface area (Å²) in [6.45, 7) is 3.50. The highest BCUT2D eigenvalue weighted by Crippen LogP contribution is 1.85. The monoisotopic (exact) mass is 142 g/mol. The van der Waals surface area contributed by atoms with Gasteiger partial charge in [0.1, 0.15) is 0 Å². The van der Waals surface area contributed by atoms with Crippen LogP contribution in [0.15, 0.2) is 25.0 Å². The van der Waals surface area contributed by atoms with Crippen LogP contribution in [0.25, 0.3) is 0 Å². The van der Waals surface area contributed by atoms with Crippen molar-refractivity contribution in [2.24, 2.45) is 0 Å². The van der Waals surface area contributed by atoms with Crippen molar-refractivity contribution < 1.29 is 14.6 Å². The standard InChI is InChI=1S/C7H10O3/c1-2-7(9)10-6-4-3-5-8/h2-3,5,8H,1,4,6H2. The van der Waals surface area contributed by atoms with Crippen molar-refractivity contribution in [1.82, 2.24) is 0 Å². The maximum Gasteiger partial charge on any atom is 0.330 e. The Kier molecular flexibility index (Phi) is 5.14. The highest BCUT2D eigenvalue weighted by atomic mass is 16.5. The van der Waals surface area contributed by atoms with Crippen LogP contribution in [0.2, 0.25) is 0 Å². The SMILES string of the molecule is C=CC(=O)OCCC=CO. The average molecular weight is 142 g/mol. The first-order valence-corrected chi connectivity index (χ1v) is 2.89. The molecule has 0 aromatic rings. The smallest absolute Gasteiger partial charge is 0.330 e. The van der Waals surface area contributed by atoms with E-state index in [2.05, 4.69) is 11.3 Å². The molecule has 0 heterocycles. The summed E-state index contributed by atoms with van der Waals surface area (Å²) in [5, 5.41) is 8.15. The first-order valence-electron chi connectivity index (χ1n) is 2.89. The van der Waals surface area contributed by atoms with Gasteiger partial charge >= 0.3 is 5.97 Å². The molecule has 0 saturated carbocycles. The Labute approximate surface area is 59.6 Å². The van der Waals surface area contributed by atoms with Crippen LogP contribution in [0, 0.1) is 0 Å². The molecular formula is C7H10O3. The molecule has 0 aliphatic heterocycles. The zero-order chi connectivity index (χ0) is 7.82. The molecule has 3 nitrogen and oxygen atoms in total. The molecule has 3 heteroatoms. The fraction of sp³-hybridized carbons (Fsp3) is 0.286. The number of carbonyl (C=O) groups excluding carboxylic acids is 1. The van der Waals surface area contributed by atoms with Crippen LogP contribution in [-0.4, -0.2) is 17.7 Å². The van der Waals surface area contributed by atoms with E-state index in [-0.39, 0.29) is 6.61 Å². The van der Waals surface area contributed by atoms with Gasteiger partial charge in [-0.3, -0.25) is 0 Å². The number of rotatable bonds is 4. The second-order valence-electron chi connectivity index (χ2n) is 1.55. The van der Waals surface area contributed by atoms with Crippen LogP contribution in [-0.2, 0) is 9.53 Å². The topological polar surface area (TPSA) is 46.5 Å². The third-order valence-electron chi connectivity index (χ3n) is 0.801. The fourth-order valence-corrected chi connectivity index (χ4v) is 0.361. The van der Waals surface area contributed by atoms with Crippen molar-refractivity contribution in [2.75, 3.05) is 6.61 Å². The van der Waals surface area contributed by atoms with E-state index in [4.69, 9.17) is 5.11 Å². The maximum absolute atomic E-state index is 10.3. The van der Waals surface area contributed by atoms with Gasteiger partial charge in [0.2, 0.25) is 0 Å². The normalized spacial score (nSPS) is 9.60. The molecule has 0 amide bonds. The number of carbonyl (C=O) groups is 1. The second kappa shape index (κ2) is 5.88. The van der Waals surface area contributed by atoms with Gasteiger partial charge in [0, 0.05) is 12.5 Å². The highest BCUT2D eigenvalue weighted by Gasteiger charge is 1.90. The molecule has 56 valence electrons. The summed E-state index contributed by atoms with van der Waals surface area (Å²) in [5.41, 5.74) is 0. The molecule has 0 bridgehead atoms. The van der Waals surface area contributed by atoms with Crippen molar-refractivity contribution in [3.05, 3.63) is 25.0 Å². The number of aliphatic hydroxyl groups is 1. The summed E-state index contributed by atoms with van der Waals surface area (Å²) in [7, 11) is 0. The number of hydrogen-bond acceptors (Lipinski definition) is 3. The molecule has 0 fully saturated rings. The van der Waals surface area contributed by atoms with Gasteiger partial charge < -0.3 is 9.84 Å². The van der Waals surface area contributed by atoms with Crippen LogP contribution >= 0.6 is 0 Å². The van der Waals surface area contributed by atoms with Gasteiger partial charge in [0.05, 0.1) is 12.9 Å². The molecule has 1 N–H and O–H groups in total. The van der Waals surface area contributed by atoms with Gasteiger partial charge in [-0.1, -0.05) is 6.58 Å². The van der Waals surface area contributed by atoms with Crippen molar-refractivity contribution in [3.8, 4) is 0 Å². The first kappa shape index (κ1) is 8.75. The lowest BCUT2D eigenvalue weighted by molar-refractivity contribution is -0.137. The zero-order valence-electron chi connectivity index (χ0n) is 5.62. The van der Waals surface area contributed by atoms with Crippen LogP contribution in [0.4, 0.5) is 0 Å². The largest absolute Gasteiger partial charge is 0.516 e. The highest BCUT2D eigenvalue weighted by molar-refractivity contribution is 5.81. The summed E-state index contributed by atoms with van der Waals surface area (Å²) in [5.74, 6) is -0.439. The molecule has 0 saturated heterocycles. The van der Waals surface area contributed by atoms with E-state index in [9.17, 15) is 4.79 Å². The Bertz CT molecular complexity index is 138. The third-order valence-corrected chi connectivity index (χ3v) is 0.801. The van der Waals surface area contributed by atoms with Crippen molar-refractivity contribution >= 4 is 5.97 Å². The first-order chi connectivity index (χ1) is 4.81. The maximum atomic E-state index is 10.3. The van der Waals surface area contributed by atoms with Gasteiger partial charge in [-0.15, -0.1) is 0 Å². The van der Waals surface area contributed by atoms with E-state index in [1.54, 1.807) is 0 Å². The average Bonchev–Trinajstić information content (AvgIpc) is 1.98. The van der Waals surface area contributed by atoms with Crippen LogP contribution in [0.5, 0.6) is 0 Å². The zero-order valence-corrected chi connectivity index (χ0v) is 5.62. The third kappa shape index (κ3) is 4.90. The molecule has 0 spiro atoms. The Morgan fingerprint density at radius 3 is 2.90 bits per heavy atom. The lowest BCUT2D eigenvalue weighted by Crippen LogP contribution is -2.00. The minimum atomic E-state index is -0.439. The van der Waals surface area contributed by atoms with Crippen molar-refractivity contribution in [3.63, 3.8) is 0 Å². The van der Waals surface area contributed by atoms with Crippen molar-refractivity contribution in [1.29, 1.82) is 0 Å². The molecule has 0 radical (unpaired) electrons. The predicted octanol–water partition coefficient (Wildman–Crippen LogP) is 1.18. The molecule has 0 aliphatic carbocycles. The Hall–Kier alpha value is -1.25. The van der Waals surface area contributed by atoms with E-state index in [0.29, 0.717) is 6.42 Å². The summed E-state index contributed by atoms with van der Waals surface area (Å²) in [6.07, 6.45) is 4.04. The van der Waals surface area contributed by atoms with E-state index < -0.39 is 5.97 Å². The molecule has 0 aromatic carbocycles. The van der Waals surface area contributed by atoms with Crippen LogP contribution in [0.3, 0.4) is 0 Å². The fourth-order valence-electron chi connectivity index (χ4n) is 0.361. The summed E-state index contributed by atoms with van der Waals surface area (Å²) in [4.78, 5) is 10.3. The lowest BCUT2D eigenvalue weighted by atomic mass is 10.4. The van der Waals surface area contributed by atoms with Crippen LogP contribution < -0.4 is 0 Å². The minimum absolute atomic E-state index is 0.280. The number of hydrogen-bond donors (Lipinski definition) is 1. The molecule has 0 atom stereocenters.